The predicted molar refractivity (Wildman–Crippen MR) is 74.5 cm³/mol. The zero-order valence-corrected chi connectivity index (χ0v) is 11.0. The van der Waals surface area contributed by atoms with Gasteiger partial charge < -0.3 is 10.6 Å². The fourth-order valence-corrected chi connectivity index (χ4v) is 1.68. The first-order valence-electron chi connectivity index (χ1n) is 6.20. The summed E-state index contributed by atoms with van der Waals surface area (Å²) in [6, 6.07) is 7.72. The summed E-state index contributed by atoms with van der Waals surface area (Å²) in [5.74, 6) is 5.73. The topological polar surface area (TPSA) is 41.1 Å². The first kappa shape index (κ1) is 14.3. The van der Waals surface area contributed by atoms with Gasteiger partial charge in [0.05, 0.1) is 0 Å². The number of likely N-dealkylation sites (N-methyl/N-ethyl adjacent to an activating group) is 1. The third kappa shape index (κ3) is 4.60. The number of carbonyl (C=O) groups is 1. The van der Waals surface area contributed by atoms with Crippen LogP contribution < -0.4 is 10.6 Å². The molecule has 0 aromatic heterocycles. The molecule has 1 amide bonds. The smallest absolute Gasteiger partial charge is 0.251 e. The van der Waals surface area contributed by atoms with Crippen molar-refractivity contribution in [1.29, 1.82) is 0 Å². The highest BCUT2D eigenvalue weighted by Gasteiger charge is 2.09. The molecule has 0 unspecified atom stereocenters. The molecular formula is C15H20N2O. The van der Waals surface area contributed by atoms with Crippen molar-refractivity contribution in [1.82, 2.24) is 10.6 Å². The lowest BCUT2D eigenvalue weighted by molar-refractivity contribution is 0.0953. The van der Waals surface area contributed by atoms with Gasteiger partial charge in [0.25, 0.3) is 5.91 Å². The van der Waals surface area contributed by atoms with Crippen LogP contribution in [0.25, 0.3) is 0 Å². The third-order valence-electron chi connectivity index (χ3n) is 2.62. The Labute approximate surface area is 109 Å². The zero-order valence-electron chi connectivity index (χ0n) is 11.0. The van der Waals surface area contributed by atoms with Crippen LogP contribution in [0.2, 0.25) is 0 Å². The Balaban J connectivity index is 2.62. The minimum atomic E-state index is -0.0143. The van der Waals surface area contributed by atoms with Crippen molar-refractivity contribution >= 4 is 5.91 Å². The Morgan fingerprint density at radius 1 is 1.28 bits per heavy atom. The van der Waals surface area contributed by atoms with Gasteiger partial charge in [-0.25, -0.2) is 0 Å². The quantitative estimate of drug-likeness (QED) is 0.589. The van der Waals surface area contributed by atoms with Gasteiger partial charge in [-0.05, 0) is 38.6 Å². The monoisotopic (exact) mass is 244 g/mol. The Morgan fingerprint density at radius 2 is 2.06 bits per heavy atom. The van der Waals surface area contributed by atoms with Crippen molar-refractivity contribution < 1.29 is 4.79 Å². The van der Waals surface area contributed by atoms with Crippen LogP contribution in [-0.4, -0.2) is 26.0 Å². The van der Waals surface area contributed by atoms with E-state index >= 15 is 0 Å². The van der Waals surface area contributed by atoms with Gasteiger partial charge in [0.1, 0.15) is 0 Å². The predicted octanol–water partition coefficient (Wildman–Crippen LogP) is 1.59. The van der Waals surface area contributed by atoms with Crippen LogP contribution in [0.1, 0.15) is 29.3 Å². The molecule has 1 aromatic carbocycles. The molecule has 0 saturated carbocycles. The molecule has 0 aliphatic carbocycles. The average molecular weight is 244 g/mol. The van der Waals surface area contributed by atoms with E-state index < -0.39 is 0 Å². The van der Waals surface area contributed by atoms with Crippen LogP contribution in [0.15, 0.2) is 24.3 Å². The molecule has 0 bridgehead atoms. The van der Waals surface area contributed by atoms with Gasteiger partial charge >= 0.3 is 0 Å². The van der Waals surface area contributed by atoms with Gasteiger partial charge in [-0.3, -0.25) is 4.79 Å². The van der Waals surface area contributed by atoms with Crippen molar-refractivity contribution in [3.05, 3.63) is 35.4 Å². The van der Waals surface area contributed by atoms with Gasteiger partial charge in [-0.15, -0.1) is 11.8 Å². The number of rotatable bonds is 6. The molecule has 1 rings (SSSR count). The number of hydrogen-bond acceptors (Lipinski definition) is 2. The van der Waals surface area contributed by atoms with Gasteiger partial charge in [0, 0.05) is 18.5 Å². The largest absolute Gasteiger partial charge is 0.351 e. The van der Waals surface area contributed by atoms with Crippen LogP contribution in [0.3, 0.4) is 0 Å². The fraction of sp³-hybridized carbons (Fsp3) is 0.400. The van der Waals surface area contributed by atoms with Crippen molar-refractivity contribution in [3.63, 3.8) is 0 Å². The molecular weight excluding hydrogens is 224 g/mol. The summed E-state index contributed by atoms with van der Waals surface area (Å²) >= 11 is 0. The van der Waals surface area contributed by atoms with Crippen molar-refractivity contribution in [2.75, 3.05) is 20.1 Å². The molecule has 0 atom stereocenters. The lowest BCUT2D eigenvalue weighted by Crippen LogP contribution is -2.26. The van der Waals surface area contributed by atoms with Gasteiger partial charge in [-0.1, -0.05) is 18.2 Å². The highest BCUT2D eigenvalue weighted by molar-refractivity contribution is 5.95. The maximum Gasteiger partial charge on any atom is 0.251 e. The Hall–Kier alpha value is -1.79. The molecule has 3 nitrogen and oxygen atoms in total. The minimum Gasteiger partial charge on any atom is -0.351 e. The molecule has 0 aliphatic heterocycles. The van der Waals surface area contributed by atoms with E-state index in [2.05, 4.69) is 22.5 Å². The van der Waals surface area contributed by atoms with E-state index in [0.717, 1.165) is 24.1 Å². The Bertz CT molecular complexity index is 443. The second-order valence-corrected chi connectivity index (χ2v) is 3.94. The Kier molecular flexibility index (Phi) is 6.60. The SMILES string of the molecule is CC#CCCNC(=O)c1ccccc1CCNC. The van der Waals surface area contributed by atoms with E-state index in [1.54, 1.807) is 6.92 Å². The van der Waals surface area contributed by atoms with Crippen LogP contribution in [0.4, 0.5) is 0 Å². The average Bonchev–Trinajstić information content (AvgIpc) is 2.41. The lowest BCUT2D eigenvalue weighted by atomic mass is 10.0. The summed E-state index contributed by atoms with van der Waals surface area (Å²) in [7, 11) is 1.91. The van der Waals surface area contributed by atoms with Gasteiger partial charge in [-0.2, -0.15) is 0 Å². The van der Waals surface area contributed by atoms with Gasteiger partial charge in [0.2, 0.25) is 0 Å². The Morgan fingerprint density at radius 3 is 2.78 bits per heavy atom. The highest BCUT2D eigenvalue weighted by Crippen LogP contribution is 2.09. The van der Waals surface area contributed by atoms with E-state index in [9.17, 15) is 4.79 Å². The van der Waals surface area contributed by atoms with Crippen molar-refractivity contribution in [2.24, 2.45) is 0 Å². The number of benzene rings is 1. The number of carbonyl (C=O) groups excluding carboxylic acids is 1. The highest BCUT2D eigenvalue weighted by atomic mass is 16.1. The van der Waals surface area contributed by atoms with E-state index in [0.29, 0.717) is 13.0 Å². The third-order valence-corrected chi connectivity index (χ3v) is 2.62. The standard InChI is InChI=1S/C15H20N2O/c1-3-4-7-11-17-15(18)14-9-6-5-8-13(14)10-12-16-2/h5-6,8-9,16H,7,10-12H2,1-2H3,(H,17,18). The summed E-state index contributed by atoms with van der Waals surface area (Å²) in [5, 5.41) is 5.98. The van der Waals surface area contributed by atoms with Crippen LogP contribution in [0, 0.1) is 11.8 Å². The van der Waals surface area contributed by atoms with Crippen LogP contribution in [0.5, 0.6) is 0 Å². The van der Waals surface area contributed by atoms with E-state index in [1.807, 2.05) is 31.3 Å². The molecule has 0 fully saturated rings. The molecule has 18 heavy (non-hydrogen) atoms. The molecule has 0 spiro atoms. The zero-order chi connectivity index (χ0) is 13.2. The van der Waals surface area contributed by atoms with Gasteiger partial charge in [0.15, 0.2) is 0 Å². The molecule has 2 N–H and O–H groups in total. The van der Waals surface area contributed by atoms with Crippen LogP contribution >= 0.6 is 0 Å². The molecule has 96 valence electrons. The van der Waals surface area contributed by atoms with Crippen LogP contribution in [-0.2, 0) is 6.42 Å². The maximum absolute atomic E-state index is 12.0. The lowest BCUT2D eigenvalue weighted by Gasteiger charge is -2.09. The molecule has 0 aliphatic rings. The van der Waals surface area contributed by atoms with E-state index in [4.69, 9.17) is 0 Å². The first-order chi connectivity index (χ1) is 8.79. The second kappa shape index (κ2) is 8.32. The molecule has 3 heteroatoms. The van der Waals surface area contributed by atoms with E-state index in [1.165, 1.54) is 0 Å². The summed E-state index contributed by atoms with van der Waals surface area (Å²) in [6.45, 7) is 3.26. The minimum absolute atomic E-state index is 0.0143. The summed E-state index contributed by atoms with van der Waals surface area (Å²) < 4.78 is 0. The number of amides is 1. The molecule has 0 heterocycles. The molecule has 0 radical (unpaired) electrons. The van der Waals surface area contributed by atoms with Crippen molar-refractivity contribution in [3.8, 4) is 11.8 Å². The summed E-state index contributed by atoms with van der Waals surface area (Å²) in [4.78, 5) is 12.0. The number of hydrogen-bond donors (Lipinski definition) is 2. The summed E-state index contributed by atoms with van der Waals surface area (Å²) in [5.41, 5.74) is 1.84. The fourth-order valence-electron chi connectivity index (χ4n) is 1.68. The molecule has 0 saturated heterocycles. The first-order valence-corrected chi connectivity index (χ1v) is 6.20. The van der Waals surface area contributed by atoms with E-state index in [-0.39, 0.29) is 5.91 Å². The summed E-state index contributed by atoms with van der Waals surface area (Å²) in [6.07, 6.45) is 1.55. The second-order valence-electron chi connectivity index (χ2n) is 3.94. The maximum atomic E-state index is 12.0. The van der Waals surface area contributed by atoms with Crippen molar-refractivity contribution in [2.45, 2.75) is 19.8 Å². The molecule has 1 aromatic rings. The normalized spacial score (nSPS) is 9.44. The number of nitrogens with one attached hydrogen (secondary N) is 2.